The number of carbonyl (C=O) groups is 2. The molecule has 0 saturated heterocycles. The highest BCUT2D eigenvalue weighted by Crippen LogP contribution is 2.22. The molecule has 0 radical (unpaired) electrons. The molecule has 0 saturated carbocycles. The van der Waals surface area contributed by atoms with E-state index in [1.165, 1.54) is 11.3 Å². The first-order chi connectivity index (χ1) is 9.90. The highest BCUT2D eigenvalue weighted by atomic mass is 79.9. The van der Waals surface area contributed by atoms with E-state index < -0.39 is 5.97 Å². The zero-order valence-corrected chi connectivity index (χ0v) is 14.0. The van der Waals surface area contributed by atoms with Crippen molar-refractivity contribution in [2.24, 2.45) is 0 Å². The van der Waals surface area contributed by atoms with E-state index in [1.807, 2.05) is 12.1 Å². The first-order valence-electron chi connectivity index (χ1n) is 6.26. The second kappa shape index (κ2) is 6.41. The average molecular weight is 368 g/mol. The Labute approximate surface area is 134 Å². The van der Waals surface area contributed by atoms with Crippen LogP contribution in [0.15, 0.2) is 28.1 Å². The van der Waals surface area contributed by atoms with Crippen molar-refractivity contribution in [3.8, 4) is 0 Å². The van der Waals surface area contributed by atoms with E-state index in [-0.39, 0.29) is 17.0 Å². The number of hydrogen-bond donors (Lipinski definition) is 2. The smallest absolute Gasteiger partial charge is 0.336 e. The van der Waals surface area contributed by atoms with Crippen LogP contribution in [-0.4, -0.2) is 17.0 Å². The summed E-state index contributed by atoms with van der Waals surface area (Å²) in [6.45, 7) is 3.81. The van der Waals surface area contributed by atoms with Gasteiger partial charge < -0.3 is 10.4 Å². The van der Waals surface area contributed by atoms with Crippen LogP contribution in [0.25, 0.3) is 0 Å². The molecule has 0 bridgehead atoms. The van der Waals surface area contributed by atoms with Crippen LogP contribution in [0.3, 0.4) is 0 Å². The Balaban J connectivity index is 2.26. The normalized spacial score (nSPS) is 10.4. The Morgan fingerprint density at radius 3 is 2.29 bits per heavy atom. The van der Waals surface area contributed by atoms with Crippen LogP contribution in [0.4, 0.5) is 0 Å². The van der Waals surface area contributed by atoms with Crippen molar-refractivity contribution in [3.05, 3.63) is 55.2 Å². The molecule has 1 aromatic carbocycles. The van der Waals surface area contributed by atoms with Crippen LogP contribution in [0.2, 0.25) is 0 Å². The van der Waals surface area contributed by atoms with Gasteiger partial charge in [0.2, 0.25) is 0 Å². The number of aryl methyl sites for hydroxylation is 2. The summed E-state index contributed by atoms with van der Waals surface area (Å²) in [6.07, 6.45) is 0. The molecule has 2 aromatic rings. The molecular weight excluding hydrogens is 354 g/mol. The van der Waals surface area contributed by atoms with E-state index in [4.69, 9.17) is 0 Å². The quantitative estimate of drug-likeness (QED) is 0.864. The lowest BCUT2D eigenvalue weighted by molar-refractivity contribution is 0.0690. The molecule has 6 heteroatoms. The molecular formula is C15H14BrNO3S. The minimum atomic E-state index is -1.08. The summed E-state index contributed by atoms with van der Waals surface area (Å²) in [7, 11) is 0. The zero-order valence-electron chi connectivity index (χ0n) is 11.6. The van der Waals surface area contributed by atoms with Crippen molar-refractivity contribution in [2.45, 2.75) is 20.4 Å². The number of hydrogen-bond acceptors (Lipinski definition) is 3. The topological polar surface area (TPSA) is 66.4 Å². The predicted molar refractivity (Wildman–Crippen MR) is 86.1 cm³/mol. The summed E-state index contributed by atoms with van der Waals surface area (Å²) in [5.74, 6) is -1.45. The molecule has 110 valence electrons. The molecule has 0 unspecified atom stereocenters. The Hall–Kier alpha value is -1.66. The summed E-state index contributed by atoms with van der Waals surface area (Å²) < 4.78 is 0.990. The third-order valence-electron chi connectivity index (χ3n) is 3.11. The number of carboxylic acids is 1. The summed E-state index contributed by atoms with van der Waals surface area (Å²) in [6, 6.07) is 7.30. The fourth-order valence-electron chi connectivity index (χ4n) is 2.08. The van der Waals surface area contributed by atoms with Gasteiger partial charge >= 0.3 is 5.97 Å². The summed E-state index contributed by atoms with van der Waals surface area (Å²) in [4.78, 5) is 24.7. The number of nitrogens with one attached hydrogen (secondary N) is 1. The minimum absolute atomic E-state index is 0.0693. The molecule has 2 N–H and O–H groups in total. The molecule has 1 amide bonds. The van der Waals surface area contributed by atoms with E-state index >= 15 is 0 Å². The van der Waals surface area contributed by atoms with Gasteiger partial charge in [-0.05, 0) is 53.0 Å². The van der Waals surface area contributed by atoms with Crippen molar-refractivity contribution < 1.29 is 14.7 Å². The minimum Gasteiger partial charge on any atom is -0.478 e. The van der Waals surface area contributed by atoms with Crippen molar-refractivity contribution in [3.63, 3.8) is 0 Å². The molecule has 0 spiro atoms. The first-order valence-corrected chi connectivity index (χ1v) is 7.87. The zero-order chi connectivity index (χ0) is 15.6. The Morgan fingerprint density at radius 2 is 1.76 bits per heavy atom. The maximum atomic E-state index is 12.3. The lowest BCUT2D eigenvalue weighted by Gasteiger charge is -2.12. The molecule has 0 fully saturated rings. The highest BCUT2D eigenvalue weighted by molar-refractivity contribution is 9.11. The third-order valence-corrected chi connectivity index (χ3v) is 4.74. The fraction of sp³-hybridized carbons (Fsp3) is 0.200. The maximum absolute atomic E-state index is 12.3. The van der Waals surface area contributed by atoms with Crippen LogP contribution in [0.1, 0.15) is 36.7 Å². The van der Waals surface area contributed by atoms with Crippen LogP contribution in [0.5, 0.6) is 0 Å². The van der Waals surface area contributed by atoms with E-state index in [2.05, 4.69) is 21.2 Å². The van der Waals surface area contributed by atoms with Gasteiger partial charge in [0.05, 0.1) is 21.5 Å². The molecule has 1 heterocycles. The largest absolute Gasteiger partial charge is 0.478 e. The van der Waals surface area contributed by atoms with Gasteiger partial charge in [-0.2, -0.15) is 0 Å². The number of benzene rings is 1. The molecule has 0 aliphatic rings. The SMILES string of the molecule is Cc1ccc(C)c(C(=O)NCc2ccc(Br)s2)c1C(=O)O. The second-order valence-electron chi connectivity index (χ2n) is 4.64. The van der Waals surface area contributed by atoms with Gasteiger partial charge in [0.25, 0.3) is 5.91 Å². The first kappa shape index (κ1) is 15.7. The van der Waals surface area contributed by atoms with Crippen LogP contribution < -0.4 is 5.32 Å². The number of carbonyl (C=O) groups excluding carboxylic acids is 1. The van der Waals surface area contributed by atoms with Gasteiger partial charge in [-0.3, -0.25) is 4.79 Å². The number of amides is 1. The predicted octanol–water partition coefficient (Wildman–Crippen LogP) is 3.76. The monoisotopic (exact) mass is 367 g/mol. The fourth-order valence-corrected chi connectivity index (χ4v) is 3.50. The maximum Gasteiger partial charge on any atom is 0.336 e. The van der Waals surface area contributed by atoms with Gasteiger partial charge in [0.15, 0.2) is 0 Å². The lowest BCUT2D eigenvalue weighted by Crippen LogP contribution is -2.26. The van der Waals surface area contributed by atoms with Gasteiger partial charge in [0, 0.05) is 4.88 Å². The molecule has 0 aliphatic heterocycles. The Morgan fingerprint density at radius 1 is 1.14 bits per heavy atom. The highest BCUT2D eigenvalue weighted by Gasteiger charge is 2.21. The van der Waals surface area contributed by atoms with Gasteiger partial charge in [-0.1, -0.05) is 12.1 Å². The summed E-state index contributed by atoms with van der Waals surface area (Å²) in [5.41, 5.74) is 1.54. The Kier molecular flexibility index (Phi) is 4.80. The van der Waals surface area contributed by atoms with Crippen LogP contribution >= 0.6 is 27.3 Å². The number of rotatable bonds is 4. The third kappa shape index (κ3) is 3.51. The number of halogens is 1. The van der Waals surface area contributed by atoms with Crippen molar-refractivity contribution in [2.75, 3.05) is 0 Å². The van der Waals surface area contributed by atoms with Crippen molar-refractivity contribution in [1.82, 2.24) is 5.32 Å². The lowest BCUT2D eigenvalue weighted by atomic mass is 9.96. The average Bonchev–Trinajstić information content (AvgIpc) is 2.83. The van der Waals surface area contributed by atoms with Gasteiger partial charge in [-0.15, -0.1) is 11.3 Å². The number of carboxylic acid groups (broad SMARTS) is 1. The van der Waals surface area contributed by atoms with E-state index in [0.29, 0.717) is 17.7 Å². The van der Waals surface area contributed by atoms with Gasteiger partial charge in [-0.25, -0.2) is 4.79 Å². The van der Waals surface area contributed by atoms with Crippen molar-refractivity contribution >= 4 is 39.1 Å². The van der Waals surface area contributed by atoms with Crippen molar-refractivity contribution in [1.29, 1.82) is 0 Å². The second-order valence-corrected chi connectivity index (χ2v) is 7.19. The molecule has 1 aromatic heterocycles. The van der Waals surface area contributed by atoms with E-state index in [9.17, 15) is 14.7 Å². The van der Waals surface area contributed by atoms with Gasteiger partial charge in [0.1, 0.15) is 0 Å². The molecule has 0 aliphatic carbocycles. The number of thiophene rings is 1. The summed E-state index contributed by atoms with van der Waals surface area (Å²) in [5, 5.41) is 12.1. The molecule has 21 heavy (non-hydrogen) atoms. The standard InChI is InChI=1S/C15H14BrNO3S/c1-8-3-4-9(2)13(15(19)20)12(8)14(18)17-7-10-5-6-11(16)21-10/h3-6H,7H2,1-2H3,(H,17,18)(H,19,20). The molecule has 4 nitrogen and oxygen atoms in total. The van der Waals surface area contributed by atoms with E-state index in [0.717, 1.165) is 8.66 Å². The molecule has 0 atom stereocenters. The van der Waals surface area contributed by atoms with Crippen LogP contribution in [0, 0.1) is 13.8 Å². The van der Waals surface area contributed by atoms with E-state index in [1.54, 1.807) is 26.0 Å². The number of aromatic carboxylic acids is 1. The van der Waals surface area contributed by atoms with Crippen LogP contribution in [-0.2, 0) is 6.54 Å². The summed E-state index contributed by atoms with van der Waals surface area (Å²) >= 11 is 4.89. The Bertz CT molecular complexity index is 709. The molecule has 2 rings (SSSR count).